The molecule has 1 atom stereocenters. The highest BCUT2D eigenvalue weighted by molar-refractivity contribution is 9.10. The minimum Gasteiger partial charge on any atom is -0.324 e. The average molecular weight is 337 g/mol. The van der Waals surface area contributed by atoms with Gasteiger partial charge in [0.15, 0.2) is 0 Å². The van der Waals surface area contributed by atoms with Crippen LogP contribution in [0.3, 0.4) is 0 Å². The van der Waals surface area contributed by atoms with Crippen molar-refractivity contribution in [1.82, 2.24) is 10.2 Å². The Kier molecular flexibility index (Phi) is 5.12. The first kappa shape index (κ1) is 15.0. The Balaban J connectivity index is 2.02. The Hall–Kier alpha value is -1.42. The summed E-state index contributed by atoms with van der Waals surface area (Å²) in [6.45, 7) is 5.50. The summed E-state index contributed by atoms with van der Waals surface area (Å²) in [6, 6.07) is 7.03. The van der Waals surface area contributed by atoms with Crippen LogP contribution in [0.2, 0.25) is 0 Å². The molecule has 1 amide bonds. The number of amides is 1. The fourth-order valence-electron chi connectivity index (χ4n) is 2.16. The topological polar surface area (TPSA) is 68.2 Å². The second-order valence-corrected chi connectivity index (χ2v) is 5.61. The number of hydrogen-bond acceptors (Lipinski definition) is 4. The molecule has 0 aromatic heterocycles. The zero-order chi connectivity index (χ0) is 14.5. The first-order valence-corrected chi connectivity index (χ1v) is 7.36. The molecule has 1 heterocycles. The summed E-state index contributed by atoms with van der Waals surface area (Å²) in [6.07, 6.45) is 0. The Morgan fingerprint density at radius 2 is 2.20 bits per heavy atom. The van der Waals surface area contributed by atoms with E-state index in [1.165, 1.54) is 0 Å². The molecule has 1 aliphatic rings. The van der Waals surface area contributed by atoms with E-state index in [2.05, 4.69) is 37.5 Å². The Labute approximate surface area is 127 Å². The van der Waals surface area contributed by atoms with E-state index in [-0.39, 0.29) is 11.9 Å². The molecule has 0 saturated carbocycles. The summed E-state index contributed by atoms with van der Waals surface area (Å²) in [7, 11) is 0. The maximum absolute atomic E-state index is 12.3. The fourth-order valence-corrected chi connectivity index (χ4v) is 2.64. The predicted molar refractivity (Wildman–Crippen MR) is 81.4 cm³/mol. The van der Waals surface area contributed by atoms with Gasteiger partial charge in [0, 0.05) is 30.7 Å². The number of anilines is 1. The summed E-state index contributed by atoms with van der Waals surface area (Å²) in [5.41, 5.74) is 1.25. The molecule has 2 N–H and O–H groups in total. The molecular formula is C14H17BrN4O. The number of carbonyl (C=O) groups excluding carboxylic acids is 1. The SMILES string of the molecule is CC(C(=O)Nc1ccc(C#N)cc1Br)N1CCNCC1. The molecule has 1 unspecified atom stereocenters. The van der Waals surface area contributed by atoms with Gasteiger partial charge < -0.3 is 10.6 Å². The lowest BCUT2D eigenvalue weighted by atomic mass is 10.2. The molecule has 0 aliphatic carbocycles. The zero-order valence-corrected chi connectivity index (χ0v) is 12.9. The van der Waals surface area contributed by atoms with Gasteiger partial charge in [-0.2, -0.15) is 5.26 Å². The molecule has 1 saturated heterocycles. The van der Waals surface area contributed by atoms with Crippen molar-refractivity contribution in [2.24, 2.45) is 0 Å². The Morgan fingerprint density at radius 3 is 2.80 bits per heavy atom. The number of halogens is 1. The number of nitriles is 1. The van der Waals surface area contributed by atoms with Gasteiger partial charge in [0.1, 0.15) is 0 Å². The van der Waals surface area contributed by atoms with Gasteiger partial charge in [-0.3, -0.25) is 9.69 Å². The van der Waals surface area contributed by atoms with Crippen molar-refractivity contribution in [3.63, 3.8) is 0 Å². The number of hydrogen-bond donors (Lipinski definition) is 2. The van der Waals surface area contributed by atoms with E-state index in [0.717, 1.165) is 30.7 Å². The van der Waals surface area contributed by atoms with Crippen LogP contribution in [0.15, 0.2) is 22.7 Å². The molecular weight excluding hydrogens is 320 g/mol. The van der Waals surface area contributed by atoms with Crippen LogP contribution >= 0.6 is 15.9 Å². The second-order valence-electron chi connectivity index (χ2n) is 4.76. The number of rotatable bonds is 3. The van der Waals surface area contributed by atoms with Crippen LogP contribution in [0.25, 0.3) is 0 Å². The molecule has 106 valence electrons. The van der Waals surface area contributed by atoms with E-state index in [1.807, 2.05) is 6.92 Å². The van der Waals surface area contributed by atoms with Gasteiger partial charge in [-0.05, 0) is 41.1 Å². The van der Waals surface area contributed by atoms with Gasteiger partial charge in [0.05, 0.1) is 23.4 Å². The summed E-state index contributed by atoms with van der Waals surface area (Å²) < 4.78 is 0.720. The van der Waals surface area contributed by atoms with E-state index < -0.39 is 0 Å². The molecule has 0 radical (unpaired) electrons. The number of carbonyl (C=O) groups is 1. The maximum Gasteiger partial charge on any atom is 0.241 e. The van der Waals surface area contributed by atoms with Crippen LogP contribution in [0.4, 0.5) is 5.69 Å². The number of nitrogens with zero attached hydrogens (tertiary/aromatic N) is 2. The van der Waals surface area contributed by atoms with Crippen molar-refractivity contribution >= 4 is 27.5 Å². The van der Waals surface area contributed by atoms with Gasteiger partial charge >= 0.3 is 0 Å². The van der Waals surface area contributed by atoms with Crippen LogP contribution in [-0.2, 0) is 4.79 Å². The van der Waals surface area contributed by atoms with Crippen molar-refractivity contribution in [2.45, 2.75) is 13.0 Å². The van der Waals surface area contributed by atoms with Gasteiger partial charge in [-0.15, -0.1) is 0 Å². The van der Waals surface area contributed by atoms with Crippen LogP contribution < -0.4 is 10.6 Å². The predicted octanol–water partition coefficient (Wildman–Crippen LogP) is 1.55. The van der Waals surface area contributed by atoms with Crippen molar-refractivity contribution in [3.05, 3.63) is 28.2 Å². The lowest BCUT2D eigenvalue weighted by molar-refractivity contribution is -0.120. The highest BCUT2D eigenvalue weighted by Gasteiger charge is 2.23. The van der Waals surface area contributed by atoms with E-state index in [4.69, 9.17) is 5.26 Å². The molecule has 20 heavy (non-hydrogen) atoms. The third-order valence-corrected chi connectivity index (χ3v) is 4.09. The molecule has 0 spiro atoms. The Morgan fingerprint density at radius 1 is 1.50 bits per heavy atom. The minimum atomic E-state index is -0.167. The molecule has 0 bridgehead atoms. The van der Waals surface area contributed by atoms with Gasteiger partial charge in [0.2, 0.25) is 5.91 Å². The summed E-state index contributed by atoms with van der Waals surface area (Å²) in [5, 5.41) is 15.0. The molecule has 1 aromatic carbocycles. The first-order chi connectivity index (χ1) is 9.61. The van der Waals surface area contributed by atoms with Crippen LogP contribution in [-0.4, -0.2) is 43.0 Å². The smallest absolute Gasteiger partial charge is 0.241 e. The average Bonchev–Trinajstić information content (AvgIpc) is 2.49. The van der Waals surface area contributed by atoms with Gasteiger partial charge in [0.25, 0.3) is 0 Å². The van der Waals surface area contributed by atoms with Crippen molar-refractivity contribution in [1.29, 1.82) is 5.26 Å². The quantitative estimate of drug-likeness (QED) is 0.878. The van der Waals surface area contributed by atoms with Crippen molar-refractivity contribution < 1.29 is 4.79 Å². The van der Waals surface area contributed by atoms with E-state index in [0.29, 0.717) is 11.3 Å². The number of piperazine rings is 1. The summed E-state index contributed by atoms with van der Waals surface area (Å²) in [4.78, 5) is 14.4. The molecule has 2 rings (SSSR count). The fraction of sp³-hybridized carbons (Fsp3) is 0.429. The van der Waals surface area contributed by atoms with Gasteiger partial charge in [-0.25, -0.2) is 0 Å². The summed E-state index contributed by atoms with van der Waals surface area (Å²) >= 11 is 3.37. The first-order valence-electron chi connectivity index (χ1n) is 6.57. The lowest BCUT2D eigenvalue weighted by Crippen LogP contribution is -2.51. The zero-order valence-electron chi connectivity index (χ0n) is 11.3. The van der Waals surface area contributed by atoms with E-state index in [9.17, 15) is 4.79 Å². The van der Waals surface area contributed by atoms with E-state index >= 15 is 0 Å². The normalized spacial score (nSPS) is 17.2. The van der Waals surface area contributed by atoms with Crippen LogP contribution in [0, 0.1) is 11.3 Å². The van der Waals surface area contributed by atoms with Crippen LogP contribution in [0.5, 0.6) is 0 Å². The van der Waals surface area contributed by atoms with Gasteiger partial charge in [-0.1, -0.05) is 0 Å². The minimum absolute atomic E-state index is 0.0303. The largest absolute Gasteiger partial charge is 0.324 e. The van der Waals surface area contributed by atoms with E-state index in [1.54, 1.807) is 18.2 Å². The van der Waals surface area contributed by atoms with Crippen molar-refractivity contribution in [3.8, 4) is 6.07 Å². The second kappa shape index (κ2) is 6.84. The highest BCUT2D eigenvalue weighted by atomic mass is 79.9. The molecule has 6 heteroatoms. The third-order valence-electron chi connectivity index (χ3n) is 3.43. The standard InChI is InChI=1S/C14H17BrN4O/c1-10(19-6-4-17-5-7-19)14(20)18-13-3-2-11(9-16)8-12(13)15/h2-3,8,10,17H,4-7H2,1H3,(H,18,20). The maximum atomic E-state index is 12.3. The van der Waals surface area contributed by atoms with Crippen molar-refractivity contribution in [2.75, 3.05) is 31.5 Å². The third kappa shape index (κ3) is 3.57. The van der Waals surface area contributed by atoms with Crippen LogP contribution in [0.1, 0.15) is 12.5 Å². The molecule has 1 fully saturated rings. The number of benzene rings is 1. The monoisotopic (exact) mass is 336 g/mol. The number of nitrogens with one attached hydrogen (secondary N) is 2. The molecule has 1 aromatic rings. The highest BCUT2D eigenvalue weighted by Crippen LogP contribution is 2.23. The molecule has 1 aliphatic heterocycles. The Bertz CT molecular complexity index is 534. The molecule has 5 nitrogen and oxygen atoms in total. The lowest BCUT2D eigenvalue weighted by Gasteiger charge is -2.31. The summed E-state index contributed by atoms with van der Waals surface area (Å²) in [5.74, 6) is -0.0303.